The minimum atomic E-state index is -4.86. The Hall–Kier alpha value is -0.560. The molecule has 80 valence electrons. The molecule has 0 radical (unpaired) electrons. The zero-order chi connectivity index (χ0) is 11.6. The maximum atomic E-state index is 11.9. The number of nitriles is 1. The first kappa shape index (κ1) is 12.5. The molecule has 0 aliphatic heterocycles. The molecule has 1 aromatic rings. The van der Waals surface area contributed by atoms with E-state index in [1.54, 1.807) is 6.07 Å². The van der Waals surface area contributed by atoms with Crippen LogP contribution in [0.15, 0.2) is 10.7 Å². The number of hydrogen-bond acceptors (Lipinski definition) is 3. The largest absolute Gasteiger partial charge is 0.574 e. The third-order valence-corrected chi connectivity index (χ3v) is 3.40. The van der Waals surface area contributed by atoms with Gasteiger partial charge < -0.3 is 4.74 Å². The number of rotatable bonds is 1. The maximum absolute atomic E-state index is 11.9. The molecule has 0 atom stereocenters. The molecule has 0 unspecified atom stereocenters. The van der Waals surface area contributed by atoms with E-state index in [0.29, 0.717) is 3.57 Å². The molecule has 3 nitrogen and oxygen atoms in total. The number of aromatic nitrogens is 1. The van der Waals surface area contributed by atoms with Gasteiger partial charge in [-0.2, -0.15) is 5.26 Å². The lowest BCUT2D eigenvalue weighted by Crippen LogP contribution is -2.19. The van der Waals surface area contributed by atoms with Gasteiger partial charge in [-0.15, -0.1) is 13.2 Å². The lowest BCUT2D eigenvalue weighted by Gasteiger charge is -2.09. The monoisotopic (exact) mass is 392 g/mol. The van der Waals surface area contributed by atoms with Crippen LogP contribution in [-0.2, 0) is 0 Å². The Labute approximate surface area is 105 Å². The summed E-state index contributed by atoms with van der Waals surface area (Å²) in [6, 6.07) is 2.82. The van der Waals surface area contributed by atoms with Crippen molar-refractivity contribution in [2.24, 2.45) is 0 Å². The predicted octanol–water partition coefficient (Wildman–Crippen LogP) is 3.22. The van der Waals surface area contributed by atoms with E-state index in [1.165, 1.54) is 6.07 Å². The van der Waals surface area contributed by atoms with Crippen LogP contribution >= 0.6 is 38.5 Å². The number of nitrogens with zero attached hydrogens (tertiary/aromatic N) is 2. The first-order chi connectivity index (χ1) is 6.83. The predicted molar refractivity (Wildman–Crippen MR) is 56.1 cm³/mol. The summed E-state index contributed by atoms with van der Waals surface area (Å²) in [6.45, 7) is 0. The summed E-state index contributed by atoms with van der Waals surface area (Å²) >= 11 is 4.77. The van der Waals surface area contributed by atoms with Gasteiger partial charge in [0.25, 0.3) is 0 Å². The third kappa shape index (κ3) is 3.49. The molecule has 0 bridgehead atoms. The maximum Gasteiger partial charge on any atom is 0.574 e. The van der Waals surface area contributed by atoms with Gasteiger partial charge in [0, 0.05) is 3.57 Å². The summed E-state index contributed by atoms with van der Waals surface area (Å²) in [5.41, 5.74) is -0.264. The molecule has 0 N–H and O–H groups in total. The number of halogens is 5. The van der Waals surface area contributed by atoms with Crippen molar-refractivity contribution in [2.45, 2.75) is 6.36 Å². The Kier molecular flexibility index (Phi) is 3.77. The van der Waals surface area contributed by atoms with Gasteiger partial charge in [0.15, 0.2) is 0 Å². The van der Waals surface area contributed by atoms with Crippen molar-refractivity contribution in [2.75, 3.05) is 0 Å². The lowest BCUT2D eigenvalue weighted by molar-refractivity contribution is -0.276. The normalized spacial score (nSPS) is 10.9. The minimum absolute atomic E-state index is 0.196. The zero-order valence-electron chi connectivity index (χ0n) is 6.77. The van der Waals surface area contributed by atoms with E-state index >= 15 is 0 Å². The highest BCUT2D eigenvalue weighted by Crippen LogP contribution is 2.28. The molecule has 0 aromatic carbocycles. The van der Waals surface area contributed by atoms with E-state index in [2.05, 4.69) is 25.7 Å². The fourth-order valence-corrected chi connectivity index (χ4v) is 1.43. The van der Waals surface area contributed by atoms with Crippen LogP contribution in [0.1, 0.15) is 5.56 Å². The summed E-state index contributed by atoms with van der Waals surface area (Å²) < 4.78 is 40.0. The molecule has 0 saturated heterocycles. The Morgan fingerprint density at radius 3 is 2.60 bits per heavy atom. The van der Waals surface area contributed by atoms with Crippen LogP contribution in [0.4, 0.5) is 13.2 Å². The van der Waals surface area contributed by atoms with Gasteiger partial charge in [-0.1, -0.05) is 0 Å². The van der Waals surface area contributed by atoms with Crippen LogP contribution in [0.5, 0.6) is 5.88 Å². The fourth-order valence-electron chi connectivity index (χ4n) is 0.718. The van der Waals surface area contributed by atoms with Crippen molar-refractivity contribution in [1.82, 2.24) is 4.98 Å². The highest BCUT2D eigenvalue weighted by Gasteiger charge is 2.33. The van der Waals surface area contributed by atoms with Gasteiger partial charge in [0.05, 0.1) is 0 Å². The molecule has 1 aromatic heterocycles. The van der Waals surface area contributed by atoms with Gasteiger partial charge in [-0.25, -0.2) is 4.98 Å². The standard InChI is InChI=1S/C7HBrF3IN2O/c8-5-4(12)1-3(2-13)6(14-5)15-7(9,10)11/h1H. The lowest BCUT2D eigenvalue weighted by atomic mass is 10.3. The van der Waals surface area contributed by atoms with E-state index in [1.807, 2.05) is 22.6 Å². The van der Waals surface area contributed by atoms with Crippen molar-refractivity contribution >= 4 is 38.5 Å². The molecule has 15 heavy (non-hydrogen) atoms. The summed E-state index contributed by atoms with van der Waals surface area (Å²) in [5, 5.41) is 8.57. The number of ether oxygens (including phenoxy) is 1. The fraction of sp³-hybridized carbons (Fsp3) is 0.143. The molecule has 0 aliphatic rings. The second-order valence-corrected chi connectivity index (χ2v) is 4.19. The Balaban J connectivity index is 3.18. The number of alkyl halides is 3. The quantitative estimate of drug-likeness (QED) is 0.544. The van der Waals surface area contributed by atoms with E-state index in [9.17, 15) is 13.2 Å². The number of hydrogen-bond donors (Lipinski definition) is 0. The van der Waals surface area contributed by atoms with Crippen LogP contribution in [0.25, 0.3) is 0 Å². The molecular weight excluding hydrogens is 392 g/mol. The molecule has 8 heteroatoms. The minimum Gasteiger partial charge on any atom is -0.386 e. The van der Waals surface area contributed by atoms with Gasteiger partial charge in [-0.3, -0.25) is 0 Å². The smallest absolute Gasteiger partial charge is 0.386 e. The van der Waals surface area contributed by atoms with Crippen molar-refractivity contribution in [3.63, 3.8) is 0 Å². The van der Waals surface area contributed by atoms with Gasteiger partial charge in [0.1, 0.15) is 16.2 Å². The molecule has 0 amide bonds. The molecule has 0 aliphatic carbocycles. The first-order valence-corrected chi connectivity index (χ1v) is 5.22. The first-order valence-electron chi connectivity index (χ1n) is 3.35. The van der Waals surface area contributed by atoms with E-state index in [0.717, 1.165) is 0 Å². The van der Waals surface area contributed by atoms with Gasteiger partial charge >= 0.3 is 6.36 Å². The molecule has 0 spiro atoms. The summed E-state index contributed by atoms with van der Waals surface area (Å²) in [6.07, 6.45) is -4.86. The highest BCUT2D eigenvalue weighted by molar-refractivity contribution is 14.1. The SMILES string of the molecule is N#Cc1cc(I)c(Br)nc1OC(F)(F)F. The average Bonchev–Trinajstić information content (AvgIpc) is 2.08. The summed E-state index contributed by atoms with van der Waals surface area (Å²) in [7, 11) is 0. The third-order valence-electron chi connectivity index (χ3n) is 1.23. The van der Waals surface area contributed by atoms with Crippen LogP contribution in [0.2, 0.25) is 0 Å². The van der Waals surface area contributed by atoms with Crippen LogP contribution < -0.4 is 4.74 Å². The number of pyridine rings is 1. The van der Waals surface area contributed by atoms with Gasteiger partial charge in [-0.05, 0) is 44.6 Å². The Morgan fingerprint density at radius 1 is 1.53 bits per heavy atom. The molecule has 0 fully saturated rings. The highest BCUT2D eigenvalue weighted by atomic mass is 127. The van der Waals surface area contributed by atoms with Crippen LogP contribution in [0.3, 0.4) is 0 Å². The molecule has 0 saturated carbocycles. The second-order valence-electron chi connectivity index (χ2n) is 2.27. The topological polar surface area (TPSA) is 45.9 Å². The molecule has 1 rings (SSSR count). The zero-order valence-corrected chi connectivity index (χ0v) is 10.5. The second kappa shape index (κ2) is 4.52. The van der Waals surface area contributed by atoms with Crippen molar-refractivity contribution in [3.05, 3.63) is 19.8 Å². The van der Waals surface area contributed by atoms with Crippen molar-refractivity contribution in [1.29, 1.82) is 5.26 Å². The van der Waals surface area contributed by atoms with Crippen LogP contribution in [-0.4, -0.2) is 11.3 Å². The van der Waals surface area contributed by atoms with E-state index in [-0.39, 0.29) is 10.2 Å². The average molecular weight is 393 g/mol. The van der Waals surface area contributed by atoms with Gasteiger partial charge in [0.2, 0.25) is 5.88 Å². The van der Waals surface area contributed by atoms with E-state index in [4.69, 9.17) is 5.26 Å². The molecule has 1 heterocycles. The van der Waals surface area contributed by atoms with Crippen molar-refractivity contribution < 1.29 is 17.9 Å². The van der Waals surface area contributed by atoms with Crippen LogP contribution in [0, 0.1) is 14.9 Å². The van der Waals surface area contributed by atoms with E-state index < -0.39 is 12.2 Å². The molecular formula is C7HBrF3IN2O. The summed E-state index contributed by atoms with van der Waals surface area (Å²) in [5.74, 6) is -0.753. The Morgan fingerprint density at radius 2 is 2.13 bits per heavy atom. The summed E-state index contributed by atoms with van der Waals surface area (Å²) in [4.78, 5) is 3.47. The Bertz CT molecular complexity index is 429. The van der Waals surface area contributed by atoms with Crippen molar-refractivity contribution in [3.8, 4) is 11.9 Å².